The molecule has 1 N–H and O–H groups in total. The van der Waals surface area contributed by atoms with Crippen LogP contribution in [0.3, 0.4) is 0 Å². The molecule has 1 aliphatic rings. The molecule has 0 amide bonds. The van der Waals surface area contributed by atoms with Crippen molar-refractivity contribution in [1.82, 2.24) is 9.97 Å². The van der Waals surface area contributed by atoms with Crippen molar-refractivity contribution in [2.45, 2.75) is 52.5 Å². The normalized spacial score (nSPS) is 22.9. The minimum absolute atomic E-state index is 0.465. The molecular weight excluding hydrogens is 254 g/mol. The first-order valence-corrected chi connectivity index (χ1v) is 7.39. The highest BCUT2D eigenvalue weighted by Crippen LogP contribution is 2.29. The number of piperidine rings is 1. The maximum atomic E-state index is 11.6. The van der Waals surface area contributed by atoms with Crippen LogP contribution in [0.5, 0.6) is 0 Å². The lowest BCUT2D eigenvalue weighted by Crippen LogP contribution is -2.47. The van der Waals surface area contributed by atoms with E-state index in [1.165, 1.54) is 0 Å². The first-order chi connectivity index (χ1) is 9.55. The fourth-order valence-electron chi connectivity index (χ4n) is 2.86. The van der Waals surface area contributed by atoms with Crippen molar-refractivity contribution < 1.29 is 9.90 Å². The third-order valence-electron chi connectivity index (χ3n) is 4.11. The summed E-state index contributed by atoms with van der Waals surface area (Å²) in [6, 6.07) is 1.46. The second-order valence-electron chi connectivity index (χ2n) is 5.46. The van der Waals surface area contributed by atoms with E-state index in [1.54, 1.807) is 0 Å². The third-order valence-corrected chi connectivity index (χ3v) is 4.11. The van der Waals surface area contributed by atoms with Gasteiger partial charge in [0, 0.05) is 18.3 Å². The lowest BCUT2D eigenvalue weighted by Gasteiger charge is -2.37. The Hall–Kier alpha value is -1.65. The van der Waals surface area contributed by atoms with Gasteiger partial charge in [0.25, 0.3) is 0 Å². The van der Waals surface area contributed by atoms with Crippen LogP contribution in [0.15, 0.2) is 6.07 Å². The largest absolute Gasteiger partial charge is 0.480 e. The summed E-state index contributed by atoms with van der Waals surface area (Å²) in [7, 11) is 0. The van der Waals surface area contributed by atoms with Crippen LogP contribution < -0.4 is 4.90 Å². The van der Waals surface area contributed by atoms with Crippen molar-refractivity contribution in [3.8, 4) is 0 Å². The quantitative estimate of drug-likeness (QED) is 0.915. The van der Waals surface area contributed by atoms with Gasteiger partial charge >= 0.3 is 5.97 Å². The van der Waals surface area contributed by atoms with Crippen molar-refractivity contribution in [1.29, 1.82) is 0 Å². The lowest BCUT2D eigenvalue weighted by molar-refractivity contribution is -0.139. The molecule has 0 radical (unpaired) electrons. The Balaban J connectivity index is 2.30. The summed E-state index contributed by atoms with van der Waals surface area (Å²) in [5, 5.41) is 9.49. The number of hydrogen-bond acceptors (Lipinski definition) is 4. The van der Waals surface area contributed by atoms with E-state index >= 15 is 0 Å². The van der Waals surface area contributed by atoms with Gasteiger partial charge < -0.3 is 10.0 Å². The standard InChI is InChI=1S/C15H23N3O2/c1-4-11-6-7-18(13(8-11)15(19)20)14-9-12(5-2)16-10(3)17-14/h9,11,13H,4-8H2,1-3H3,(H,19,20). The number of hydrogen-bond donors (Lipinski definition) is 1. The molecular formula is C15H23N3O2. The summed E-state index contributed by atoms with van der Waals surface area (Å²) < 4.78 is 0. The molecule has 1 aromatic heterocycles. The van der Waals surface area contributed by atoms with Crippen molar-refractivity contribution in [3.05, 3.63) is 17.6 Å². The molecule has 2 rings (SSSR count). The topological polar surface area (TPSA) is 66.3 Å². The summed E-state index contributed by atoms with van der Waals surface area (Å²) in [5.41, 5.74) is 0.967. The molecule has 5 nitrogen and oxygen atoms in total. The maximum Gasteiger partial charge on any atom is 0.326 e. The van der Waals surface area contributed by atoms with Crippen LogP contribution in [-0.4, -0.2) is 33.6 Å². The average molecular weight is 277 g/mol. The van der Waals surface area contributed by atoms with Gasteiger partial charge in [-0.1, -0.05) is 20.3 Å². The Morgan fingerprint density at radius 1 is 1.45 bits per heavy atom. The molecule has 2 heterocycles. The first-order valence-electron chi connectivity index (χ1n) is 7.39. The number of aromatic nitrogens is 2. The van der Waals surface area contributed by atoms with E-state index in [0.29, 0.717) is 18.2 Å². The van der Waals surface area contributed by atoms with Gasteiger partial charge in [-0.05, 0) is 32.1 Å². The van der Waals surface area contributed by atoms with Gasteiger partial charge in [0.15, 0.2) is 0 Å². The van der Waals surface area contributed by atoms with Crippen LogP contribution in [0.1, 0.15) is 44.6 Å². The Kier molecular flexibility index (Phi) is 4.57. The van der Waals surface area contributed by atoms with Crippen LogP contribution in [0.2, 0.25) is 0 Å². The second-order valence-corrected chi connectivity index (χ2v) is 5.46. The van der Waals surface area contributed by atoms with Gasteiger partial charge in [-0.3, -0.25) is 0 Å². The van der Waals surface area contributed by atoms with E-state index in [2.05, 4.69) is 16.9 Å². The van der Waals surface area contributed by atoms with Gasteiger partial charge in [0.1, 0.15) is 17.7 Å². The number of aryl methyl sites for hydroxylation is 2. The number of carboxylic acid groups (broad SMARTS) is 1. The van der Waals surface area contributed by atoms with Crippen molar-refractivity contribution >= 4 is 11.8 Å². The number of nitrogens with zero attached hydrogens (tertiary/aromatic N) is 3. The highest BCUT2D eigenvalue weighted by atomic mass is 16.4. The summed E-state index contributed by atoms with van der Waals surface area (Å²) >= 11 is 0. The van der Waals surface area contributed by atoms with E-state index in [4.69, 9.17) is 0 Å². The molecule has 0 saturated carbocycles. The van der Waals surface area contributed by atoms with E-state index in [0.717, 1.165) is 37.3 Å². The molecule has 1 fully saturated rings. The number of carboxylic acids is 1. The maximum absolute atomic E-state index is 11.6. The molecule has 2 atom stereocenters. The van der Waals surface area contributed by atoms with Crippen LogP contribution in [0.25, 0.3) is 0 Å². The molecule has 0 aromatic carbocycles. The van der Waals surface area contributed by atoms with E-state index in [9.17, 15) is 9.90 Å². The van der Waals surface area contributed by atoms with Crippen molar-refractivity contribution in [3.63, 3.8) is 0 Å². The molecule has 110 valence electrons. The summed E-state index contributed by atoms with van der Waals surface area (Å²) in [6.07, 6.45) is 3.61. The molecule has 2 unspecified atom stereocenters. The Morgan fingerprint density at radius 3 is 2.80 bits per heavy atom. The monoisotopic (exact) mass is 277 g/mol. The fourth-order valence-corrected chi connectivity index (χ4v) is 2.86. The zero-order chi connectivity index (χ0) is 14.7. The van der Waals surface area contributed by atoms with E-state index in [1.807, 2.05) is 24.8 Å². The molecule has 5 heteroatoms. The average Bonchev–Trinajstić information content (AvgIpc) is 2.45. The molecule has 0 aliphatic carbocycles. The summed E-state index contributed by atoms with van der Waals surface area (Å²) in [4.78, 5) is 22.3. The van der Waals surface area contributed by atoms with Gasteiger partial charge in [-0.2, -0.15) is 0 Å². The van der Waals surface area contributed by atoms with Crippen LogP contribution in [-0.2, 0) is 11.2 Å². The zero-order valence-electron chi connectivity index (χ0n) is 12.5. The van der Waals surface area contributed by atoms with Gasteiger partial charge in [-0.15, -0.1) is 0 Å². The predicted octanol–water partition coefficient (Wildman–Crippen LogP) is 2.43. The van der Waals surface area contributed by atoms with E-state index < -0.39 is 12.0 Å². The predicted molar refractivity (Wildman–Crippen MR) is 77.9 cm³/mol. The number of anilines is 1. The zero-order valence-corrected chi connectivity index (χ0v) is 12.5. The van der Waals surface area contributed by atoms with E-state index in [-0.39, 0.29) is 0 Å². The summed E-state index contributed by atoms with van der Waals surface area (Å²) in [6.45, 7) is 6.79. The minimum Gasteiger partial charge on any atom is -0.480 e. The van der Waals surface area contributed by atoms with Crippen molar-refractivity contribution in [2.75, 3.05) is 11.4 Å². The minimum atomic E-state index is -0.752. The number of rotatable bonds is 4. The third kappa shape index (κ3) is 3.08. The van der Waals surface area contributed by atoms with Crippen LogP contribution >= 0.6 is 0 Å². The molecule has 1 aromatic rings. The smallest absolute Gasteiger partial charge is 0.326 e. The molecule has 0 spiro atoms. The highest BCUT2D eigenvalue weighted by Gasteiger charge is 2.33. The second kappa shape index (κ2) is 6.20. The van der Waals surface area contributed by atoms with Crippen LogP contribution in [0, 0.1) is 12.8 Å². The van der Waals surface area contributed by atoms with Crippen LogP contribution in [0.4, 0.5) is 5.82 Å². The highest BCUT2D eigenvalue weighted by molar-refractivity contribution is 5.78. The first kappa shape index (κ1) is 14.8. The molecule has 1 saturated heterocycles. The van der Waals surface area contributed by atoms with Gasteiger partial charge in [0.2, 0.25) is 0 Å². The van der Waals surface area contributed by atoms with Gasteiger partial charge in [-0.25, -0.2) is 14.8 Å². The van der Waals surface area contributed by atoms with Crippen molar-refractivity contribution in [2.24, 2.45) is 5.92 Å². The fraction of sp³-hybridized carbons (Fsp3) is 0.667. The Bertz CT molecular complexity index is 490. The molecule has 0 bridgehead atoms. The SMILES string of the molecule is CCc1cc(N2CCC(CC)CC2C(=O)O)nc(C)n1. The lowest BCUT2D eigenvalue weighted by atomic mass is 9.89. The number of aliphatic carboxylic acids is 1. The molecule has 20 heavy (non-hydrogen) atoms. The van der Waals surface area contributed by atoms with Gasteiger partial charge in [0.05, 0.1) is 0 Å². The molecule has 1 aliphatic heterocycles. The number of carbonyl (C=O) groups is 1. The summed E-state index contributed by atoms with van der Waals surface area (Å²) in [5.74, 6) is 1.22. The Labute approximate surface area is 120 Å². The Morgan fingerprint density at radius 2 is 2.20 bits per heavy atom.